The fourth-order valence-electron chi connectivity index (χ4n) is 2.14. The van der Waals surface area contributed by atoms with Crippen molar-refractivity contribution < 1.29 is 18.1 Å². The fourth-order valence-corrected chi connectivity index (χ4v) is 2.14. The standard InChI is InChI=1S/C17H13F2N3O2/c18-12-1-2-14(15(19)7-12)16-8-13(22-24-16)9-17(23)21-10-11-3-5-20-6-4-11/h1-8H,9-10H2,(H,21,23). The average Bonchev–Trinajstić information content (AvgIpc) is 3.02. The first-order chi connectivity index (χ1) is 11.6. The van der Waals surface area contributed by atoms with Gasteiger partial charge in [0, 0.05) is 31.1 Å². The highest BCUT2D eigenvalue weighted by Crippen LogP contribution is 2.24. The van der Waals surface area contributed by atoms with E-state index in [1.165, 1.54) is 12.1 Å². The van der Waals surface area contributed by atoms with Crippen LogP contribution in [0.1, 0.15) is 11.3 Å². The zero-order valence-electron chi connectivity index (χ0n) is 12.5. The van der Waals surface area contributed by atoms with E-state index in [1.54, 1.807) is 24.5 Å². The van der Waals surface area contributed by atoms with Crippen molar-refractivity contribution in [1.29, 1.82) is 0 Å². The number of halogens is 2. The van der Waals surface area contributed by atoms with Gasteiger partial charge in [-0.05, 0) is 29.8 Å². The summed E-state index contributed by atoms with van der Waals surface area (Å²) in [7, 11) is 0. The van der Waals surface area contributed by atoms with Crippen LogP contribution < -0.4 is 5.32 Å². The van der Waals surface area contributed by atoms with Crippen LogP contribution in [-0.2, 0) is 17.8 Å². The van der Waals surface area contributed by atoms with Gasteiger partial charge in [-0.15, -0.1) is 0 Å². The van der Waals surface area contributed by atoms with E-state index in [0.29, 0.717) is 12.2 Å². The Hall–Kier alpha value is -3.09. The van der Waals surface area contributed by atoms with E-state index < -0.39 is 11.6 Å². The Bertz CT molecular complexity index is 850. The summed E-state index contributed by atoms with van der Waals surface area (Å²) in [5, 5.41) is 6.49. The second-order valence-electron chi connectivity index (χ2n) is 5.12. The van der Waals surface area contributed by atoms with Gasteiger partial charge in [0.05, 0.1) is 17.7 Å². The highest BCUT2D eigenvalue weighted by Gasteiger charge is 2.14. The molecular weight excluding hydrogens is 316 g/mol. The third-order valence-electron chi connectivity index (χ3n) is 3.34. The van der Waals surface area contributed by atoms with Crippen molar-refractivity contribution >= 4 is 5.91 Å². The summed E-state index contributed by atoms with van der Waals surface area (Å²) >= 11 is 0. The lowest BCUT2D eigenvalue weighted by molar-refractivity contribution is -0.120. The third kappa shape index (κ3) is 3.81. The van der Waals surface area contributed by atoms with Crippen molar-refractivity contribution in [2.45, 2.75) is 13.0 Å². The lowest BCUT2D eigenvalue weighted by Gasteiger charge is -2.03. The summed E-state index contributed by atoms with van der Waals surface area (Å²) in [5.41, 5.74) is 1.38. The van der Waals surface area contributed by atoms with Gasteiger partial charge in [0.15, 0.2) is 5.76 Å². The maximum absolute atomic E-state index is 13.7. The molecule has 5 nitrogen and oxygen atoms in total. The molecule has 7 heteroatoms. The summed E-state index contributed by atoms with van der Waals surface area (Å²) in [4.78, 5) is 15.8. The number of hydrogen-bond acceptors (Lipinski definition) is 4. The van der Waals surface area contributed by atoms with Gasteiger partial charge in [0.1, 0.15) is 11.6 Å². The van der Waals surface area contributed by atoms with Crippen molar-refractivity contribution in [2.75, 3.05) is 0 Å². The summed E-state index contributed by atoms with van der Waals surface area (Å²) in [6.45, 7) is 0.374. The Balaban J connectivity index is 1.62. The Labute approximate surface area is 136 Å². The second-order valence-corrected chi connectivity index (χ2v) is 5.12. The van der Waals surface area contributed by atoms with Gasteiger partial charge in [0.25, 0.3) is 0 Å². The van der Waals surface area contributed by atoms with E-state index in [2.05, 4.69) is 15.5 Å². The monoisotopic (exact) mass is 329 g/mol. The third-order valence-corrected chi connectivity index (χ3v) is 3.34. The van der Waals surface area contributed by atoms with E-state index in [1.807, 2.05) is 0 Å². The highest BCUT2D eigenvalue weighted by molar-refractivity contribution is 5.78. The molecule has 0 bridgehead atoms. The van der Waals surface area contributed by atoms with E-state index in [-0.39, 0.29) is 23.7 Å². The molecule has 1 aromatic carbocycles. The van der Waals surface area contributed by atoms with Gasteiger partial charge in [-0.3, -0.25) is 9.78 Å². The molecule has 0 aliphatic carbocycles. The molecule has 1 amide bonds. The number of nitrogens with zero attached hydrogens (tertiary/aromatic N) is 2. The Morgan fingerprint density at radius 3 is 2.67 bits per heavy atom. The normalized spacial score (nSPS) is 10.6. The highest BCUT2D eigenvalue weighted by atomic mass is 19.1. The molecule has 0 saturated heterocycles. The molecule has 0 atom stereocenters. The number of hydrogen-bond donors (Lipinski definition) is 1. The maximum atomic E-state index is 13.7. The van der Waals surface area contributed by atoms with Crippen molar-refractivity contribution in [3.8, 4) is 11.3 Å². The molecule has 0 saturated carbocycles. The van der Waals surface area contributed by atoms with Gasteiger partial charge >= 0.3 is 0 Å². The summed E-state index contributed by atoms with van der Waals surface area (Å²) in [6.07, 6.45) is 3.28. The van der Waals surface area contributed by atoms with Crippen molar-refractivity contribution in [3.05, 3.63) is 71.7 Å². The number of aromatic nitrogens is 2. The molecule has 0 spiro atoms. The maximum Gasteiger partial charge on any atom is 0.226 e. The van der Waals surface area contributed by atoms with Crippen molar-refractivity contribution in [1.82, 2.24) is 15.5 Å². The fraction of sp³-hybridized carbons (Fsp3) is 0.118. The van der Waals surface area contributed by atoms with Gasteiger partial charge < -0.3 is 9.84 Å². The van der Waals surface area contributed by atoms with Crippen LogP contribution in [0.4, 0.5) is 8.78 Å². The van der Waals surface area contributed by atoms with Crippen LogP contribution in [0.5, 0.6) is 0 Å². The molecule has 3 aromatic rings. The van der Waals surface area contributed by atoms with Crippen molar-refractivity contribution in [2.24, 2.45) is 0 Å². The number of carbonyl (C=O) groups excluding carboxylic acids is 1. The molecule has 0 aliphatic heterocycles. The molecule has 2 heterocycles. The number of amides is 1. The van der Waals surface area contributed by atoms with Gasteiger partial charge in [-0.1, -0.05) is 5.16 Å². The number of carbonyl (C=O) groups is 1. The minimum atomic E-state index is -0.750. The lowest BCUT2D eigenvalue weighted by atomic mass is 10.1. The number of pyridine rings is 1. The molecular formula is C17H13F2N3O2. The first-order valence-corrected chi connectivity index (χ1v) is 7.18. The zero-order chi connectivity index (χ0) is 16.9. The van der Waals surface area contributed by atoms with Crippen LogP contribution in [-0.4, -0.2) is 16.0 Å². The Morgan fingerprint density at radius 1 is 1.12 bits per heavy atom. The van der Waals surface area contributed by atoms with Crippen LogP contribution in [0, 0.1) is 11.6 Å². The van der Waals surface area contributed by atoms with E-state index in [9.17, 15) is 13.6 Å². The molecule has 122 valence electrons. The topological polar surface area (TPSA) is 68.0 Å². The Morgan fingerprint density at radius 2 is 1.92 bits per heavy atom. The predicted octanol–water partition coefficient (Wildman–Crippen LogP) is 2.87. The second kappa shape index (κ2) is 6.99. The van der Waals surface area contributed by atoms with Crippen LogP contribution in [0.25, 0.3) is 11.3 Å². The number of nitrogens with one attached hydrogen (secondary N) is 1. The molecule has 2 aromatic heterocycles. The minimum absolute atomic E-state index is 0.00258. The zero-order valence-corrected chi connectivity index (χ0v) is 12.5. The SMILES string of the molecule is O=C(Cc1cc(-c2ccc(F)cc2F)on1)NCc1ccncc1. The molecule has 3 rings (SSSR count). The summed E-state index contributed by atoms with van der Waals surface area (Å²) < 4.78 is 31.7. The first-order valence-electron chi connectivity index (χ1n) is 7.18. The number of benzene rings is 1. The van der Waals surface area contributed by atoms with E-state index >= 15 is 0 Å². The predicted molar refractivity (Wildman–Crippen MR) is 81.6 cm³/mol. The average molecular weight is 329 g/mol. The van der Waals surface area contributed by atoms with Gasteiger partial charge in [-0.25, -0.2) is 8.78 Å². The van der Waals surface area contributed by atoms with E-state index in [4.69, 9.17) is 4.52 Å². The molecule has 24 heavy (non-hydrogen) atoms. The van der Waals surface area contributed by atoms with Crippen molar-refractivity contribution in [3.63, 3.8) is 0 Å². The van der Waals surface area contributed by atoms with E-state index in [0.717, 1.165) is 17.7 Å². The molecule has 0 unspecified atom stereocenters. The van der Waals surface area contributed by atoms with Gasteiger partial charge in [-0.2, -0.15) is 0 Å². The first kappa shape index (κ1) is 15.8. The lowest BCUT2D eigenvalue weighted by Crippen LogP contribution is -2.24. The molecule has 0 radical (unpaired) electrons. The molecule has 1 N–H and O–H groups in total. The van der Waals surface area contributed by atoms with Crippen LogP contribution in [0.3, 0.4) is 0 Å². The molecule has 0 fully saturated rings. The summed E-state index contributed by atoms with van der Waals surface area (Å²) in [6, 6.07) is 8.21. The Kier molecular flexibility index (Phi) is 4.60. The largest absolute Gasteiger partial charge is 0.356 e. The smallest absolute Gasteiger partial charge is 0.226 e. The summed E-state index contributed by atoms with van der Waals surface area (Å²) in [5.74, 6) is -1.53. The quantitative estimate of drug-likeness (QED) is 0.781. The van der Waals surface area contributed by atoms with Crippen LogP contribution in [0.2, 0.25) is 0 Å². The van der Waals surface area contributed by atoms with Gasteiger partial charge in [0.2, 0.25) is 5.91 Å². The van der Waals surface area contributed by atoms with Crippen LogP contribution in [0.15, 0.2) is 53.3 Å². The number of rotatable bonds is 5. The minimum Gasteiger partial charge on any atom is -0.356 e. The molecule has 0 aliphatic rings. The van der Waals surface area contributed by atoms with Crippen LogP contribution >= 0.6 is 0 Å².